The summed E-state index contributed by atoms with van der Waals surface area (Å²) in [7, 11) is 0. The summed E-state index contributed by atoms with van der Waals surface area (Å²) < 4.78 is 65.1. The number of benzene rings is 2. The molecule has 2 aromatic carbocycles. The van der Waals surface area contributed by atoms with Gasteiger partial charge in [-0.05, 0) is 18.2 Å². The van der Waals surface area contributed by atoms with E-state index in [1.165, 1.54) is 0 Å². The number of hydrogen-bond acceptors (Lipinski definition) is 2. The maximum absolute atomic E-state index is 13.4. The van der Waals surface area contributed by atoms with Crippen molar-refractivity contribution in [3.05, 3.63) is 58.9 Å². The van der Waals surface area contributed by atoms with E-state index in [2.05, 4.69) is 0 Å². The number of carbonyl (C=O) groups is 1. The van der Waals surface area contributed by atoms with Gasteiger partial charge in [0.25, 0.3) is 5.91 Å². The molecule has 0 bridgehead atoms. The van der Waals surface area contributed by atoms with E-state index in [-0.39, 0.29) is 0 Å². The second kappa shape index (κ2) is 5.39. The Hall–Kier alpha value is -2.64. The van der Waals surface area contributed by atoms with Crippen molar-refractivity contribution in [2.24, 2.45) is 0 Å². The highest BCUT2D eigenvalue weighted by molar-refractivity contribution is 6.04. The smallest absolute Gasteiger partial charge is 0.255 e. The molecule has 3 nitrogen and oxygen atoms in total. The van der Waals surface area contributed by atoms with Crippen LogP contribution in [0.2, 0.25) is 0 Å². The number of carbonyl (C=O) groups excluding carboxylic acids is 1. The average molecular weight is 302 g/mol. The van der Waals surface area contributed by atoms with Crippen LogP contribution >= 0.6 is 0 Å². The number of nitrogen functional groups attached to an aromatic ring is 1. The zero-order valence-corrected chi connectivity index (χ0v) is 10.2. The van der Waals surface area contributed by atoms with Crippen molar-refractivity contribution in [1.29, 1.82) is 0 Å². The standard InChI is InChI=1S/C13H7F5N2O/c14-6-3-7(15)11(4-10(6)19)20-13(21)5-1-8(16)12(18)9(17)2-5/h1-4H,19H2,(H,20,21). The van der Waals surface area contributed by atoms with Gasteiger partial charge in [0.05, 0.1) is 11.4 Å². The van der Waals surface area contributed by atoms with Crippen LogP contribution in [0.3, 0.4) is 0 Å². The van der Waals surface area contributed by atoms with Gasteiger partial charge in [-0.1, -0.05) is 0 Å². The molecule has 0 atom stereocenters. The number of amides is 1. The molecule has 3 N–H and O–H groups in total. The molecular weight excluding hydrogens is 295 g/mol. The van der Waals surface area contributed by atoms with Crippen molar-refractivity contribution in [3.8, 4) is 0 Å². The highest BCUT2D eigenvalue weighted by Crippen LogP contribution is 2.22. The molecule has 0 radical (unpaired) electrons. The van der Waals surface area contributed by atoms with Crippen LogP contribution in [-0.4, -0.2) is 5.91 Å². The first kappa shape index (κ1) is 14.8. The van der Waals surface area contributed by atoms with Crippen LogP contribution in [0.5, 0.6) is 0 Å². The van der Waals surface area contributed by atoms with Crippen molar-refractivity contribution in [2.45, 2.75) is 0 Å². The molecular formula is C13H7F5N2O. The molecule has 0 aromatic heterocycles. The monoisotopic (exact) mass is 302 g/mol. The van der Waals surface area contributed by atoms with Crippen molar-refractivity contribution in [3.63, 3.8) is 0 Å². The van der Waals surface area contributed by atoms with Gasteiger partial charge in [-0.2, -0.15) is 0 Å². The van der Waals surface area contributed by atoms with Crippen LogP contribution in [0, 0.1) is 29.1 Å². The van der Waals surface area contributed by atoms with E-state index in [1.807, 2.05) is 5.32 Å². The molecule has 0 aliphatic rings. The lowest BCUT2D eigenvalue weighted by Crippen LogP contribution is -2.14. The number of hydrogen-bond donors (Lipinski definition) is 2. The molecule has 0 aliphatic carbocycles. The minimum absolute atomic E-state index is 0.428. The second-order valence-electron chi connectivity index (χ2n) is 4.06. The number of nitrogens with one attached hydrogen (secondary N) is 1. The largest absolute Gasteiger partial charge is 0.396 e. The minimum Gasteiger partial charge on any atom is -0.396 e. The van der Waals surface area contributed by atoms with E-state index in [9.17, 15) is 26.7 Å². The van der Waals surface area contributed by atoms with Crippen LogP contribution in [0.1, 0.15) is 10.4 Å². The molecule has 110 valence electrons. The van der Waals surface area contributed by atoms with Crippen molar-refractivity contribution in [1.82, 2.24) is 0 Å². The predicted molar refractivity (Wildman–Crippen MR) is 65.0 cm³/mol. The molecule has 1 amide bonds. The zero-order chi connectivity index (χ0) is 15.7. The SMILES string of the molecule is Nc1cc(NC(=O)c2cc(F)c(F)c(F)c2)c(F)cc1F. The zero-order valence-electron chi connectivity index (χ0n) is 10.2. The summed E-state index contributed by atoms with van der Waals surface area (Å²) in [6.07, 6.45) is 0. The normalized spacial score (nSPS) is 10.5. The number of halogens is 5. The molecule has 0 saturated heterocycles. The first-order chi connectivity index (χ1) is 9.79. The first-order valence-electron chi connectivity index (χ1n) is 5.50. The topological polar surface area (TPSA) is 55.1 Å². The van der Waals surface area contributed by atoms with Crippen LogP contribution in [-0.2, 0) is 0 Å². The van der Waals surface area contributed by atoms with Crippen molar-refractivity contribution >= 4 is 17.3 Å². The lowest BCUT2D eigenvalue weighted by atomic mass is 10.1. The Morgan fingerprint density at radius 1 is 0.857 bits per heavy atom. The molecule has 21 heavy (non-hydrogen) atoms. The lowest BCUT2D eigenvalue weighted by molar-refractivity contribution is 0.102. The summed E-state index contributed by atoms with van der Waals surface area (Å²) in [5.41, 5.74) is 3.72. The Morgan fingerprint density at radius 3 is 2.00 bits per heavy atom. The number of nitrogens with two attached hydrogens (primary N) is 1. The van der Waals surface area contributed by atoms with E-state index in [0.717, 1.165) is 6.07 Å². The molecule has 0 unspecified atom stereocenters. The third kappa shape index (κ3) is 2.93. The van der Waals surface area contributed by atoms with Crippen LogP contribution in [0.15, 0.2) is 24.3 Å². The average Bonchev–Trinajstić information content (AvgIpc) is 2.41. The number of anilines is 2. The predicted octanol–water partition coefficient (Wildman–Crippen LogP) is 3.22. The van der Waals surface area contributed by atoms with Gasteiger partial charge in [0, 0.05) is 11.6 Å². The van der Waals surface area contributed by atoms with E-state index < -0.39 is 51.9 Å². The lowest BCUT2D eigenvalue weighted by Gasteiger charge is -2.08. The molecule has 2 rings (SSSR count). The van der Waals surface area contributed by atoms with Crippen LogP contribution in [0.4, 0.5) is 33.3 Å². The molecule has 2 aromatic rings. The van der Waals surface area contributed by atoms with Crippen LogP contribution < -0.4 is 11.1 Å². The molecule has 8 heteroatoms. The molecule has 0 spiro atoms. The fraction of sp³-hybridized carbons (Fsp3) is 0. The third-order valence-electron chi connectivity index (χ3n) is 2.58. The Bertz CT molecular complexity index is 710. The van der Waals surface area contributed by atoms with Gasteiger partial charge in [0.15, 0.2) is 17.5 Å². The maximum atomic E-state index is 13.4. The molecule has 0 heterocycles. The van der Waals surface area contributed by atoms with Gasteiger partial charge < -0.3 is 11.1 Å². The molecule has 0 fully saturated rings. The minimum atomic E-state index is -1.73. The fourth-order valence-corrected chi connectivity index (χ4v) is 1.54. The highest BCUT2D eigenvalue weighted by Gasteiger charge is 2.17. The van der Waals surface area contributed by atoms with Crippen molar-refractivity contribution < 1.29 is 26.7 Å². The fourth-order valence-electron chi connectivity index (χ4n) is 1.54. The summed E-state index contributed by atoms with van der Waals surface area (Å²) in [6, 6.07) is 2.13. The summed E-state index contributed by atoms with van der Waals surface area (Å²) in [5, 5.41) is 1.95. The Morgan fingerprint density at radius 2 is 1.43 bits per heavy atom. The van der Waals surface area contributed by atoms with E-state index >= 15 is 0 Å². The summed E-state index contributed by atoms with van der Waals surface area (Å²) in [6.45, 7) is 0. The van der Waals surface area contributed by atoms with E-state index in [1.54, 1.807) is 0 Å². The van der Waals surface area contributed by atoms with E-state index in [0.29, 0.717) is 18.2 Å². The van der Waals surface area contributed by atoms with E-state index in [4.69, 9.17) is 5.73 Å². The van der Waals surface area contributed by atoms with Gasteiger partial charge in [0.2, 0.25) is 0 Å². The Balaban J connectivity index is 2.32. The Labute approximate surface area is 115 Å². The molecule has 0 aliphatic heterocycles. The summed E-state index contributed by atoms with van der Waals surface area (Å²) in [4.78, 5) is 11.7. The van der Waals surface area contributed by atoms with Gasteiger partial charge in [-0.3, -0.25) is 4.79 Å². The Kier molecular flexibility index (Phi) is 3.79. The highest BCUT2D eigenvalue weighted by atomic mass is 19.2. The molecule has 0 saturated carbocycles. The second-order valence-corrected chi connectivity index (χ2v) is 4.06. The van der Waals surface area contributed by atoms with Crippen molar-refractivity contribution in [2.75, 3.05) is 11.1 Å². The summed E-state index contributed by atoms with van der Waals surface area (Å²) >= 11 is 0. The first-order valence-corrected chi connectivity index (χ1v) is 5.50. The van der Waals surface area contributed by atoms with Gasteiger partial charge >= 0.3 is 0 Å². The summed E-state index contributed by atoms with van der Waals surface area (Å²) in [5.74, 6) is -8.14. The quantitative estimate of drug-likeness (QED) is 0.508. The van der Waals surface area contributed by atoms with Gasteiger partial charge in [0.1, 0.15) is 11.6 Å². The van der Waals surface area contributed by atoms with Gasteiger partial charge in [-0.25, -0.2) is 22.0 Å². The van der Waals surface area contributed by atoms with Gasteiger partial charge in [-0.15, -0.1) is 0 Å². The third-order valence-corrected chi connectivity index (χ3v) is 2.58. The maximum Gasteiger partial charge on any atom is 0.255 e. The van der Waals surface area contributed by atoms with Crippen LogP contribution in [0.25, 0.3) is 0 Å². The number of rotatable bonds is 2.